The van der Waals surface area contributed by atoms with Crippen LogP contribution < -0.4 is 0 Å². The van der Waals surface area contributed by atoms with Crippen molar-refractivity contribution in [3.63, 3.8) is 0 Å². The molecule has 0 saturated carbocycles. The minimum Gasteiger partial charge on any atom is -0.507 e. The molecule has 2 aromatic heterocycles. The number of hydrogen-bond donors (Lipinski definition) is 1. The van der Waals surface area contributed by atoms with E-state index in [1.807, 2.05) is 0 Å². The highest BCUT2D eigenvalue weighted by molar-refractivity contribution is 6.19. The molecule has 142 valence electrons. The Balaban J connectivity index is 2.46. The third kappa shape index (κ3) is 2.89. The number of furan rings is 1. The van der Waals surface area contributed by atoms with Crippen molar-refractivity contribution in [1.82, 2.24) is 4.98 Å². The summed E-state index contributed by atoms with van der Waals surface area (Å²) in [6.07, 6.45) is 0. The number of nitrogens with zero attached hydrogens (tertiary/aromatic N) is 1. The summed E-state index contributed by atoms with van der Waals surface area (Å²) in [5.41, 5.74) is 1.83. The highest BCUT2D eigenvalue weighted by Crippen LogP contribution is 2.41. The van der Waals surface area contributed by atoms with Gasteiger partial charge < -0.3 is 19.0 Å². The summed E-state index contributed by atoms with van der Waals surface area (Å²) in [5.74, 6) is -0.889. The van der Waals surface area contributed by atoms with Gasteiger partial charge in [-0.25, -0.2) is 9.59 Å². The molecule has 0 aliphatic rings. The molecule has 27 heavy (non-hydrogen) atoms. The molecular weight excluding hydrogens is 350 g/mol. The lowest BCUT2D eigenvalue weighted by molar-refractivity contribution is 0.0516. The van der Waals surface area contributed by atoms with Gasteiger partial charge in [0.05, 0.1) is 29.9 Å². The average molecular weight is 371 g/mol. The van der Waals surface area contributed by atoms with Gasteiger partial charge in [0, 0.05) is 16.5 Å². The molecule has 7 nitrogen and oxygen atoms in total. The van der Waals surface area contributed by atoms with Crippen LogP contribution >= 0.6 is 0 Å². The van der Waals surface area contributed by atoms with Crippen molar-refractivity contribution in [3.8, 4) is 5.75 Å². The van der Waals surface area contributed by atoms with Crippen molar-refractivity contribution in [2.75, 3.05) is 13.2 Å². The van der Waals surface area contributed by atoms with Gasteiger partial charge in [-0.1, -0.05) is 0 Å². The first-order valence-electron chi connectivity index (χ1n) is 8.71. The molecule has 0 aliphatic heterocycles. The molecule has 0 aliphatic carbocycles. The number of fused-ring (bicyclic) bond motifs is 3. The van der Waals surface area contributed by atoms with E-state index < -0.39 is 11.9 Å². The van der Waals surface area contributed by atoms with Crippen LogP contribution in [0.25, 0.3) is 21.7 Å². The number of carbonyl (C=O) groups excluding carboxylic acids is 2. The number of rotatable bonds is 4. The van der Waals surface area contributed by atoms with Gasteiger partial charge in [0.2, 0.25) is 0 Å². The first-order chi connectivity index (χ1) is 12.8. The van der Waals surface area contributed by atoms with Crippen molar-refractivity contribution in [2.24, 2.45) is 0 Å². The minimum absolute atomic E-state index is 0.152. The lowest BCUT2D eigenvalue weighted by atomic mass is 9.98. The van der Waals surface area contributed by atoms with E-state index in [9.17, 15) is 14.7 Å². The zero-order chi connectivity index (χ0) is 19.9. The summed E-state index contributed by atoms with van der Waals surface area (Å²) in [5, 5.41) is 11.9. The predicted molar refractivity (Wildman–Crippen MR) is 99.3 cm³/mol. The molecule has 2 heterocycles. The molecule has 7 heteroatoms. The fourth-order valence-electron chi connectivity index (χ4n) is 3.39. The quantitative estimate of drug-likeness (QED) is 0.693. The van der Waals surface area contributed by atoms with Crippen LogP contribution in [0, 0.1) is 20.8 Å². The number of hydrogen-bond acceptors (Lipinski definition) is 7. The number of aromatic hydroxyl groups is 1. The molecule has 0 spiro atoms. The second-order valence-electron chi connectivity index (χ2n) is 6.15. The highest BCUT2D eigenvalue weighted by atomic mass is 16.5. The molecule has 1 N–H and O–H groups in total. The molecule has 0 amide bonds. The SMILES string of the molecule is CCOC(=O)c1c(C)oc2c1cc(O)c1c(C(=O)OCC)c(C)nc(C)c12. The number of aromatic nitrogens is 1. The number of benzene rings is 1. The van der Waals surface area contributed by atoms with Gasteiger partial charge in [0.25, 0.3) is 0 Å². The number of carbonyl (C=O) groups is 2. The average Bonchev–Trinajstić information content (AvgIpc) is 2.90. The number of phenolic OH excluding ortho intramolecular Hbond substituents is 1. The number of esters is 2. The van der Waals surface area contributed by atoms with Crippen LogP contribution in [-0.2, 0) is 9.47 Å². The van der Waals surface area contributed by atoms with E-state index in [-0.39, 0.29) is 30.1 Å². The smallest absolute Gasteiger partial charge is 0.342 e. The number of pyridine rings is 1. The summed E-state index contributed by atoms with van der Waals surface area (Å²) < 4.78 is 16.1. The fourth-order valence-corrected chi connectivity index (χ4v) is 3.39. The molecule has 0 bridgehead atoms. The zero-order valence-corrected chi connectivity index (χ0v) is 15.9. The van der Waals surface area contributed by atoms with E-state index >= 15 is 0 Å². The third-order valence-electron chi connectivity index (χ3n) is 4.40. The Morgan fingerprint density at radius 1 is 1.00 bits per heavy atom. The highest BCUT2D eigenvalue weighted by Gasteiger charge is 2.27. The van der Waals surface area contributed by atoms with Gasteiger partial charge >= 0.3 is 11.9 Å². The Morgan fingerprint density at radius 2 is 1.59 bits per heavy atom. The standard InChI is InChI=1S/C20H21NO6/c1-6-25-19(23)15-10(4)21-9(3)14-17(15)13(22)8-12-16(20(24)26-7-2)11(5)27-18(12)14/h8,22H,6-7H2,1-5H3. The number of phenols is 1. The zero-order valence-electron chi connectivity index (χ0n) is 15.9. The Hall–Kier alpha value is -3.09. The Bertz CT molecular complexity index is 1080. The fraction of sp³-hybridized carbons (Fsp3) is 0.350. The lowest BCUT2D eigenvalue weighted by Gasteiger charge is -2.13. The summed E-state index contributed by atoms with van der Waals surface area (Å²) in [6.45, 7) is 8.92. The first-order valence-corrected chi connectivity index (χ1v) is 8.71. The maximum atomic E-state index is 12.5. The third-order valence-corrected chi connectivity index (χ3v) is 4.40. The Labute approximate surface area is 155 Å². The van der Waals surface area contributed by atoms with Crippen molar-refractivity contribution in [2.45, 2.75) is 34.6 Å². The van der Waals surface area contributed by atoms with Crippen LogP contribution in [0.4, 0.5) is 0 Å². The maximum absolute atomic E-state index is 12.5. The molecule has 3 aromatic rings. The van der Waals surface area contributed by atoms with Gasteiger partial charge in [-0.2, -0.15) is 0 Å². The normalized spacial score (nSPS) is 11.1. The van der Waals surface area contributed by atoms with E-state index in [0.29, 0.717) is 38.9 Å². The van der Waals surface area contributed by atoms with Crippen molar-refractivity contribution >= 4 is 33.7 Å². The van der Waals surface area contributed by atoms with E-state index in [0.717, 1.165) is 0 Å². The molecule has 3 rings (SSSR count). The predicted octanol–water partition coefficient (Wildman–Crippen LogP) is 3.97. The molecule has 0 atom stereocenters. The summed E-state index contributed by atoms with van der Waals surface area (Å²) in [7, 11) is 0. The van der Waals surface area contributed by atoms with Crippen LogP contribution in [-0.4, -0.2) is 35.2 Å². The van der Waals surface area contributed by atoms with E-state index in [2.05, 4.69) is 4.98 Å². The van der Waals surface area contributed by atoms with Crippen LogP contribution in [0.5, 0.6) is 5.75 Å². The van der Waals surface area contributed by atoms with Crippen LogP contribution in [0.3, 0.4) is 0 Å². The van der Waals surface area contributed by atoms with Crippen molar-refractivity contribution in [1.29, 1.82) is 0 Å². The van der Waals surface area contributed by atoms with Gasteiger partial charge in [-0.15, -0.1) is 0 Å². The molecule has 0 saturated heterocycles. The van der Waals surface area contributed by atoms with Crippen LogP contribution in [0.15, 0.2) is 10.5 Å². The van der Waals surface area contributed by atoms with E-state index in [1.165, 1.54) is 6.07 Å². The van der Waals surface area contributed by atoms with Gasteiger partial charge in [0.15, 0.2) is 0 Å². The van der Waals surface area contributed by atoms with E-state index in [4.69, 9.17) is 13.9 Å². The van der Waals surface area contributed by atoms with Crippen LogP contribution in [0.2, 0.25) is 0 Å². The summed E-state index contributed by atoms with van der Waals surface area (Å²) in [6, 6.07) is 1.42. The number of aryl methyl sites for hydroxylation is 3. The molecule has 0 radical (unpaired) electrons. The Kier molecular flexibility index (Phi) is 4.78. The van der Waals surface area contributed by atoms with E-state index in [1.54, 1.807) is 34.6 Å². The summed E-state index contributed by atoms with van der Waals surface area (Å²) >= 11 is 0. The van der Waals surface area contributed by atoms with Gasteiger partial charge in [0.1, 0.15) is 22.7 Å². The van der Waals surface area contributed by atoms with Crippen molar-refractivity contribution in [3.05, 3.63) is 34.3 Å². The molecular formula is C20H21NO6. The monoisotopic (exact) mass is 371 g/mol. The van der Waals surface area contributed by atoms with Gasteiger partial charge in [-0.05, 0) is 40.7 Å². The topological polar surface area (TPSA) is 98.9 Å². The first kappa shape index (κ1) is 18.7. The van der Waals surface area contributed by atoms with Crippen LogP contribution in [0.1, 0.15) is 51.7 Å². The van der Waals surface area contributed by atoms with Gasteiger partial charge in [-0.3, -0.25) is 4.98 Å². The Morgan fingerprint density at radius 3 is 2.19 bits per heavy atom. The summed E-state index contributed by atoms with van der Waals surface area (Å²) in [4.78, 5) is 29.2. The molecule has 1 aromatic carbocycles. The second-order valence-corrected chi connectivity index (χ2v) is 6.15. The lowest BCUT2D eigenvalue weighted by Crippen LogP contribution is -2.10. The van der Waals surface area contributed by atoms with Crippen molar-refractivity contribution < 1.29 is 28.6 Å². The molecule has 0 unspecified atom stereocenters. The molecule has 0 fully saturated rings. The second kappa shape index (κ2) is 6.90. The minimum atomic E-state index is -0.573. The maximum Gasteiger partial charge on any atom is 0.342 e. The largest absolute Gasteiger partial charge is 0.507 e. The number of ether oxygens (including phenoxy) is 2.